The summed E-state index contributed by atoms with van der Waals surface area (Å²) in [6.45, 7) is 1.08. The van der Waals surface area contributed by atoms with Gasteiger partial charge in [-0.05, 0) is 43.5 Å². The monoisotopic (exact) mass is 339 g/mol. The molecule has 2 fully saturated rings. The largest absolute Gasteiger partial charge is 0.484 e. The second-order valence-electron chi connectivity index (χ2n) is 6.56. The Hall–Kier alpha value is -2.60. The molecular formula is C19H21N3O3. The number of ether oxygens (including phenoxy) is 2. The van der Waals surface area contributed by atoms with Crippen LogP contribution in [-0.2, 0) is 4.79 Å². The summed E-state index contributed by atoms with van der Waals surface area (Å²) >= 11 is 0. The first-order valence-electron chi connectivity index (χ1n) is 8.61. The number of benzene rings is 1. The van der Waals surface area contributed by atoms with Crippen LogP contribution in [0.4, 0.5) is 0 Å². The van der Waals surface area contributed by atoms with Gasteiger partial charge >= 0.3 is 0 Å². The van der Waals surface area contributed by atoms with E-state index in [-0.39, 0.29) is 18.6 Å². The Balaban J connectivity index is 1.29. The number of pyridine rings is 1. The fourth-order valence-corrected chi connectivity index (χ4v) is 3.57. The van der Waals surface area contributed by atoms with Gasteiger partial charge in [-0.2, -0.15) is 0 Å². The molecule has 2 bridgehead atoms. The maximum absolute atomic E-state index is 12.1. The maximum Gasteiger partial charge on any atom is 0.258 e. The highest BCUT2D eigenvalue weighted by Crippen LogP contribution is 2.31. The van der Waals surface area contributed by atoms with E-state index in [4.69, 9.17) is 9.47 Å². The highest BCUT2D eigenvalue weighted by molar-refractivity contribution is 5.78. The van der Waals surface area contributed by atoms with E-state index in [1.54, 1.807) is 24.4 Å². The molecule has 2 N–H and O–H groups in total. The number of fused-ring (bicyclic) bond motifs is 2. The molecule has 1 aliphatic carbocycles. The SMILES string of the molecule is O=C(COc1cccc(Oc2ccccn2)c1)N[C@@H]1C[C@@H]2CN[C@H]1C2. The van der Waals surface area contributed by atoms with Crippen molar-refractivity contribution in [3.63, 3.8) is 0 Å². The van der Waals surface area contributed by atoms with E-state index in [0.29, 0.717) is 29.3 Å². The summed E-state index contributed by atoms with van der Waals surface area (Å²) in [5.74, 6) is 2.34. The Morgan fingerprint density at radius 3 is 2.88 bits per heavy atom. The lowest BCUT2D eigenvalue weighted by Gasteiger charge is -2.23. The van der Waals surface area contributed by atoms with Gasteiger partial charge in [0.15, 0.2) is 6.61 Å². The predicted octanol–water partition coefficient (Wildman–Crippen LogP) is 2.12. The molecule has 1 aromatic heterocycles. The lowest BCUT2D eigenvalue weighted by Crippen LogP contribution is -2.49. The fraction of sp³-hybridized carbons (Fsp3) is 0.368. The number of rotatable bonds is 6. The van der Waals surface area contributed by atoms with Gasteiger partial charge < -0.3 is 20.1 Å². The van der Waals surface area contributed by atoms with E-state index < -0.39 is 0 Å². The molecule has 6 heteroatoms. The van der Waals surface area contributed by atoms with Gasteiger partial charge in [-0.1, -0.05) is 12.1 Å². The van der Waals surface area contributed by atoms with Crippen LogP contribution in [0.5, 0.6) is 17.4 Å². The molecule has 1 saturated carbocycles. The van der Waals surface area contributed by atoms with E-state index in [1.807, 2.05) is 24.3 Å². The number of carbonyl (C=O) groups is 1. The average Bonchev–Trinajstić information content (AvgIpc) is 3.24. The second-order valence-corrected chi connectivity index (χ2v) is 6.56. The minimum Gasteiger partial charge on any atom is -0.484 e. The van der Waals surface area contributed by atoms with E-state index >= 15 is 0 Å². The van der Waals surface area contributed by atoms with Crippen molar-refractivity contribution in [2.75, 3.05) is 13.2 Å². The minimum atomic E-state index is -0.0876. The summed E-state index contributed by atoms with van der Waals surface area (Å²) < 4.78 is 11.3. The molecule has 1 amide bonds. The van der Waals surface area contributed by atoms with Crippen molar-refractivity contribution in [2.45, 2.75) is 24.9 Å². The molecule has 2 aliphatic rings. The van der Waals surface area contributed by atoms with Gasteiger partial charge in [0.25, 0.3) is 5.91 Å². The zero-order chi connectivity index (χ0) is 17.1. The van der Waals surface area contributed by atoms with Crippen molar-refractivity contribution in [3.8, 4) is 17.4 Å². The van der Waals surface area contributed by atoms with Crippen LogP contribution in [0.3, 0.4) is 0 Å². The highest BCUT2D eigenvalue weighted by Gasteiger charge is 2.39. The topological polar surface area (TPSA) is 72.5 Å². The summed E-state index contributed by atoms with van der Waals surface area (Å²) in [5.41, 5.74) is 0. The minimum absolute atomic E-state index is 0.000920. The van der Waals surface area contributed by atoms with Gasteiger partial charge in [-0.3, -0.25) is 4.79 Å². The van der Waals surface area contributed by atoms with Gasteiger partial charge in [0.2, 0.25) is 5.88 Å². The van der Waals surface area contributed by atoms with Crippen molar-refractivity contribution in [1.82, 2.24) is 15.6 Å². The van der Waals surface area contributed by atoms with Gasteiger partial charge in [0.1, 0.15) is 11.5 Å². The van der Waals surface area contributed by atoms with Crippen molar-refractivity contribution in [2.24, 2.45) is 5.92 Å². The molecule has 1 aliphatic heterocycles. The summed E-state index contributed by atoms with van der Waals surface area (Å²) in [6, 6.07) is 13.3. The zero-order valence-electron chi connectivity index (χ0n) is 13.9. The number of nitrogens with zero attached hydrogens (tertiary/aromatic N) is 1. The Kier molecular flexibility index (Phi) is 4.52. The van der Waals surface area contributed by atoms with E-state index in [1.165, 1.54) is 6.42 Å². The molecular weight excluding hydrogens is 318 g/mol. The van der Waals surface area contributed by atoms with Crippen LogP contribution in [0.1, 0.15) is 12.8 Å². The quantitative estimate of drug-likeness (QED) is 0.843. The van der Waals surface area contributed by atoms with Crippen LogP contribution < -0.4 is 20.1 Å². The third-order valence-corrected chi connectivity index (χ3v) is 4.71. The first kappa shape index (κ1) is 15.9. The number of nitrogens with one attached hydrogen (secondary N) is 2. The van der Waals surface area contributed by atoms with E-state index in [2.05, 4.69) is 15.6 Å². The summed E-state index contributed by atoms with van der Waals surface area (Å²) in [7, 11) is 0. The van der Waals surface area contributed by atoms with Crippen LogP contribution in [-0.4, -0.2) is 36.1 Å². The molecule has 130 valence electrons. The summed E-state index contributed by atoms with van der Waals surface area (Å²) in [5, 5.41) is 6.51. The Morgan fingerprint density at radius 1 is 1.20 bits per heavy atom. The normalized spacial score (nSPS) is 24.1. The molecule has 1 aromatic carbocycles. The summed E-state index contributed by atoms with van der Waals surface area (Å²) in [4.78, 5) is 16.2. The Morgan fingerprint density at radius 2 is 2.12 bits per heavy atom. The molecule has 4 rings (SSSR count). The molecule has 2 aromatic rings. The maximum atomic E-state index is 12.1. The fourth-order valence-electron chi connectivity index (χ4n) is 3.57. The number of aromatic nitrogens is 1. The molecule has 0 unspecified atom stereocenters. The van der Waals surface area contributed by atoms with Crippen LogP contribution >= 0.6 is 0 Å². The number of piperidine rings is 1. The van der Waals surface area contributed by atoms with Crippen LogP contribution in [0.25, 0.3) is 0 Å². The second kappa shape index (κ2) is 7.11. The number of hydrogen-bond acceptors (Lipinski definition) is 5. The molecule has 1 saturated heterocycles. The third kappa shape index (κ3) is 3.91. The highest BCUT2D eigenvalue weighted by atomic mass is 16.5. The smallest absolute Gasteiger partial charge is 0.258 e. The standard InChI is InChI=1S/C19H21N3O3/c23-18(22-17-9-13-8-16(17)21-11-13)12-24-14-4-3-5-15(10-14)25-19-6-1-2-7-20-19/h1-7,10,13,16-17,21H,8-9,11-12H2,(H,22,23)/t13-,16+,17-/m1/s1. The summed E-state index contributed by atoms with van der Waals surface area (Å²) in [6.07, 6.45) is 3.90. The van der Waals surface area contributed by atoms with Crippen molar-refractivity contribution < 1.29 is 14.3 Å². The van der Waals surface area contributed by atoms with Gasteiger partial charge in [0.05, 0.1) is 0 Å². The van der Waals surface area contributed by atoms with Crippen LogP contribution in [0, 0.1) is 5.92 Å². The van der Waals surface area contributed by atoms with Crippen LogP contribution in [0.2, 0.25) is 0 Å². The predicted molar refractivity (Wildman–Crippen MR) is 92.7 cm³/mol. The zero-order valence-corrected chi connectivity index (χ0v) is 13.9. The van der Waals surface area contributed by atoms with Crippen molar-refractivity contribution >= 4 is 5.91 Å². The lowest BCUT2D eigenvalue weighted by molar-refractivity contribution is -0.124. The van der Waals surface area contributed by atoms with Gasteiger partial charge in [-0.15, -0.1) is 0 Å². The molecule has 0 radical (unpaired) electrons. The molecule has 25 heavy (non-hydrogen) atoms. The van der Waals surface area contributed by atoms with Gasteiger partial charge in [-0.25, -0.2) is 4.98 Å². The number of hydrogen-bond donors (Lipinski definition) is 2. The number of amides is 1. The first-order chi connectivity index (χ1) is 12.3. The van der Waals surface area contributed by atoms with Gasteiger partial charge in [0, 0.05) is 30.4 Å². The average molecular weight is 339 g/mol. The molecule has 3 atom stereocenters. The number of carbonyl (C=O) groups excluding carboxylic acids is 1. The molecule has 2 heterocycles. The lowest BCUT2D eigenvalue weighted by atomic mass is 10.1. The van der Waals surface area contributed by atoms with E-state index in [0.717, 1.165) is 13.0 Å². The Bertz CT molecular complexity index is 738. The van der Waals surface area contributed by atoms with Crippen molar-refractivity contribution in [1.29, 1.82) is 0 Å². The Labute approximate surface area is 146 Å². The van der Waals surface area contributed by atoms with E-state index in [9.17, 15) is 4.79 Å². The van der Waals surface area contributed by atoms with Crippen LogP contribution in [0.15, 0.2) is 48.7 Å². The molecule has 0 spiro atoms. The first-order valence-corrected chi connectivity index (χ1v) is 8.61. The molecule has 6 nitrogen and oxygen atoms in total. The van der Waals surface area contributed by atoms with Crippen molar-refractivity contribution in [3.05, 3.63) is 48.7 Å². The third-order valence-electron chi connectivity index (χ3n) is 4.71.